The summed E-state index contributed by atoms with van der Waals surface area (Å²) in [6.45, 7) is 4.66. The van der Waals surface area contributed by atoms with Crippen LogP contribution in [0.2, 0.25) is 0 Å². The predicted molar refractivity (Wildman–Crippen MR) is 136 cm³/mol. The average Bonchev–Trinajstić information content (AvgIpc) is 3.58. The molecule has 0 spiro atoms. The van der Waals surface area contributed by atoms with Gasteiger partial charge in [0.1, 0.15) is 10.3 Å². The van der Waals surface area contributed by atoms with E-state index in [2.05, 4.69) is 11.1 Å². The maximum absolute atomic E-state index is 14.0. The van der Waals surface area contributed by atoms with Crippen LogP contribution in [0, 0.1) is 13.8 Å². The van der Waals surface area contributed by atoms with Gasteiger partial charge in [-0.05, 0) is 67.0 Å². The highest BCUT2D eigenvalue weighted by Crippen LogP contribution is 2.35. The zero-order chi connectivity index (χ0) is 23.9. The van der Waals surface area contributed by atoms with Gasteiger partial charge in [-0.25, -0.2) is 13.4 Å². The molecule has 1 amide bonds. The van der Waals surface area contributed by atoms with Gasteiger partial charge in [0.2, 0.25) is 5.91 Å². The number of carbonyl (C=O) groups excluding carboxylic acids is 1. The Labute approximate surface area is 206 Å². The van der Waals surface area contributed by atoms with E-state index in [4.69, 9.17) is 4.98 Å². The minimum absolute atomic E-state index is 0.255. The van der Waals surface area contributed by atoms with E-state index in [0.29, 0.717) is 24.5 Å². The van der Waals surface area contributed by atoms with E-state index >= 15 is 0 Å². The molecule has 4 aromatic rings. The second kappa shape index (κ2) is 9.18. The molecule has 0 bridgehead atoms. The molecule has 1 aliphatic heterocycles. The number of rotatable bonds is 6. The first-order valence-corrected chi connectivity index (χ1v) is 14.1. The van der Waals surface area contributed by atoms with Crippen molar-refractivity contribution in [3.63, 3.8) is 0 Å². The van der Waals surface area contributed by atoms with Crippen molar-refractivity contribution in [3.8, 4) is 0 Å². The highest BCUT2D eigenvalue weighted by Gasteiger charge is 2.42. The molecule has 1 unspecified atom stereocenters. The molecule has 5 rings (SSSR count). The van der Waals surface area contributed by atoms with Crippen molar-refractivity contribution in [2.75, 3.05) is 11.4 Å². The number of hydrogen-bond donors (Lipinski definition) is 0. The number of amides is 1. The van der Waals surface area contributed by atoms with Gasteiger partial charge < -0.3 is 0 Å². The van der Waals surface area contributed by atoms with Crippen LogP contribution in [0.1, 0.15) is 29.5 Å². The van der Waals surface area contributed by atoms with Crippen molar-refractivity contribution in [1.82, 2.24) is 14.3 Å². The quantitative estimate of drug-likeness (QED) is 0.372. The van der Waals surface area contributed by atoms with Crippen LogP contribution in [0.4, 0.5) is 5.13 Å². The van der Waals surface area contributed by atoms with Crippen molar-refractivity contribution in [2.45, 2.75) is 43.5 Å². The summed E-state index contributed by atoms with van der Waals surface area (Å²) in [4.78, 5) is 24.6. The van der Waals surface area contributed by atoms with Gasteiger partial charge in [-0.2, -0.15) is 4.31 Å². The molecule has 0 aliphatic carbocycles. The summed E-state index contributed by atoms with van der Waals surface area (Å²) in [7, 11) is -3.74. The number of pyridine rings is 1. The second-order valence-corrected chi connectivity index (χ2v) is 12.5. The molecule has 4 heterocycles. The fraction of sp³-hybridized carbons (Fsp3) is 0.292. The van der Waals surface area contributed by atoms with Crippen molar-refractivity contribution in [1.29, 1.82) is 0 Å². The molecule has 10 heteroatoms. The van der Waals surface area contributed by atoms with Crippen molar-refractivity contribution in [3.05, 3.63) is 70.9 Å². The number of benzene rings is 1. The van der Waals surface area contributed by atoms with E-state index in [1.807, 2.05) is 32.0 Å². The minimum atomic E-state index is -3.74. The SMILES string of the molecule is Cc1cc(C)c2sc(N(Cc3cccnc3)C(=O)C3CCCN3S(=O)(=O)c3cccs3)nc2c1. The van der Waals surface area contributed by atoms with Crippen molar-refractivity contribution < 1.29 is 13.2 Å². The van der Waals surface area contributed by atoms with E-state index in [1.54, 1.807) is 34.8 Å². The third kappa shape index (κ3) is 4.26. The number of thiophene rings is 1. The lowest BCUT2D eigenvalue weighted by Crippen LogP contribution is -2.47. The molecule has 7 nitrogen and oxygen atoms in total. The molecule has 3 aromatic heterocycles. The number of sulfonamides is 1. The Bertz CT molecular complexity index is 1430. The first-order chi connectivity index (χ1) is 16.3. The van der Waals surface area contributed by atoms with Crippen molar-refractivity contribution in [2.24, 2.45) is 0 Å². The summed E-state index contributed by atoms with van der Waals surface area (Å²) in [5, 5.41) is 2.30. The Morgan fingerprint density at radius 3 is 2.82 bits per heavy atom. The summed E-state index contributed by atoms with van der Waals surface area (Å²) in [5.41, 5.74) is 3.91. The highest BCUT2D eigenvalue weighted by molar-refractivity contribution is 7.91. The predicted octanol–water partition coefficient (Wildman–Crippen LogP) is 4.76. The van der Waals surface area contributed by atoms with Gasteiger partial charge in [0.25, 0.3) is 10.0 Å². The summed E-state index contributed by atoms with van der Waals surface area (Å²) in [6, 6.07) is 10.4. The molecular weight excluding hydrogens is 488 g/mol. The number of aryl methyl sites for hydroxylation is 2. The third-order valence-corrected chi connectivity index (χ3v) is 10.4. The van der Waals surface area contributed by atoms with Gasteiger partial charge >= 0.3 is 0 Å². The van der Waals surface area contributed by atoms with E-state index in [9.17, 15) is 13.2 Å². The van der Waals surface area contributed by atoms with E-state index in [-0.39, 0.29) is 16.7 Å². The average molecular weight is 513 g/mol. The number of anilines is 1. The number of thiazole rings is 1. The molecule has 0 radical (unpaired) electrons. The lowest BCUT2D eigenvalue weighted by Gasteiger charge is -2.28. The molecule has 1 aliphatic rings. The summed E-state index contributed by atoms with van der Waals surface area (Å²) >= 11 is 2.63. The standard InChI is InChI=1S/C24H24N4O3S3/c1-16-12-17(2)22-19(13-16)26-24(33-22)27(15-18-6-3-9-25-14-18)23(29)20-7-4-10-28(20)34(30,31)21-8-5-11-32-21/h3,5-6,8-9,11-14,20H,4,7,10,15H2,1-2H3. The number of aromatic nitrogens is 2. The van der Waals surface area contributed by atoms with Gasteiger partial charge in [0.15, 0.2) is 5.13 Å². The molecular formula is C24H24N4O3S3. The van der Waals surface area contributed by atoms with Crippen LogP contribution in [0.25, 0.3) is 10.2 Å². The summed E-state index contributed by atoms with van der Waals surface area (Å²) in [5.74, 6) is -0.255. The molecule has 176 valence electrons. The fourth-order valence-corrected chi connectivity index (χ4v) is 8.17. The fourth-order valence-electron chi connectivity index (χ4n) is 4.37. The second-order valence-electron chi connectivity index (χ2n) is 8.42. The van der Waals surface area contributed by atoms with Crippen LogP contribution in [0.5, 0.6) is 0 Å². The van der Waals surface area contributed by atoms with Crippen LogP contribution in [0.3, 0.4) is 0 Å². The summed E-state index contributed by atoms with van der Waals surface area (Å²) < 4.78 is 29.2. The van der Waals surface area contributed by atoms with Gasteiger partial charge in [-0.1, -0.05) is 29.5 Å². The summed E-state index contributed by atoms with van der Waals surface area (Å²) in [6.07, 6.45) is 4.53. The monoisotopic (exact) mass is 512 g/mol. The molecule has 1 atom stereocenters. The number of nitrogens with zero attached hydrogens (tertiary/aromatic N) is 4. The molecule has 1 fully saturated rings. The zero-order valence-corrected chi connectivity index (χ0v) is 21.3. The van der Waals surface area contributed by atoms with Gasteiger partial charge in [-0.3, -0.25) is 14.7 Å². The lowest BCUT2D eigenvalue weighted by atomic mass is 10.1. The first kappa shape index (κ1) is 23.1. The maximum atomic E-state index is 14.0. The molecule has 1 saturated heterocycles. The Balaban J connectivity index is 1.55. The highest BCUT2D eigenvalue weighted by atomic mass is 32.2. The van der Waals surface area contributed by atoms with E-state index in [0.717, 1.165) is 26.9 Å². The Morgan fingerprint density at radius 2 is 2.09 bits per heavy atom. The Morgan fingerprint density at radius 1 is 1.24 bits per heavy atom. The number of carbonyl (C=O) groups is 1. The Kier molecular flexibility index (Phi) is 6.24. The van der Waals surface area contributed by atoms with Crippen LogP contribution < -0.4 is 4.90 Å². The molecule has 0 saturated carbocycles. The van der Waals surface area contributed by atoms with Gasteiger partial charge in [0.05, 0.1) is 16.8 Å². The normalized spacial score (nSPS) is 16.8. The van der Waals surface area contributed by atoms with Crippen LogP contribution in [0.15, 0.2) is 58.4 Å². The van der Waals surface area contributed by atoms with Gasteiger partial charge in [-0.15, -0.1) is 11.3 Å². The third-order valence-electron chi connectivity index (χ3n) is 5.92. The zero-order valence-electron chi connectivity index (χ0n) is 18.8. The molecule has 1 aromatic carbocycles. The molecule has 34 heavy (non-hydrogen) atoms. The van der Waals surface area contributed by atoms with E-state index in [1.165, 1.54) is 27.0 Å². The largest absolute Gasteiger partial charge is 0.282 e. The maximum Gasteiger partial charge on any atom is 0.253 e. The minimum Gasteiger partial charge on any atom is -0.282 e. The molecule has 0 N–H and O–H groups in total. The number of hydrogen-bond acceptors (Lipinski definition) is 7. The van der Waals surface area contributed by atoms with Crippen LogP contribution in [-0.2, 0) is 21.4 Å². The van der Waals surface area contributed by atoms with Crippen molar-refractivity contribution >= 4 is 54.0 Å². The Hall–Kier alpha value is -2.66. The van der Waals surface area contributed by atoms with Gasteiger partial charge in [0, 0.05) is 18.9 Å². The van der Waals surface area contributed by atoms with E-state index < -0.39 is 16.1 Å². The number of fused-ring (bicyclic) bond motifs is 1. The lowest BCUT2D eigenvalue weighted by molar-refractivity contribution is -0.121. The van der Waals surface area contributed by atoms with Crippen LogP contribution in [-0.4, -0.2) is 41.2 Å². The first-order valence-electron chi connectivity index (χ1n) is 11.0. The topological polar surface area (TPSA) is 83.5 Å². The smallest absolute Gasteiger partial charge is 0.253 e. The van der Waals surface area contributed by atoms with Crippen LogP contribution >= 0.6 is 22.7 Å².